The van der Waals surface area contributed by atoms with Gasteiger partial charge in [-0.2, -0.15) is 0 Å². The summed E-state index contributed by atoms with van der Waals surface area (Å²) in [7, 11) is 0. The largest absolute Gasteiger partial charge is 0.489 e. The summed E-state index contributed by atoms with van der Waals surface area (Å²) >= 11 is 0. The molecule has 19 nitrogen and oxygen atoms in total. The van der Waals surface area contributed by atoms with Crippen molar-refractivity contribution in [3.8, 4) is 57.5 Å². The Balaban J connectivity index is 1.07. The third kappa shape index (κ3) is 18.5. The number of ether oxygens (including phenoxy) is 10. The minimum Gasteiger partial charge on any atom is -0.489 e. The van der Waals surface area contributed by atoms with Gasteiger partial charge in [0.05, 0.1) is 6.61 Å². The molecule has 0 spiro atoms. The Bertz CT molecular complexity index is 2730. The molecule has 0 bridgehead atoms. The molecule has 0 atom stereocenters. The lowest BCUT2D eigenvalue weighted by Crippen LogP contribution is -2.09. The van der Waals surface area contributed by atoms with E-state index in [9.17, 15) is 24.3 Å². The average molecular weight is 1040 g/mol. The van der Waals surface area contributed by atoms with E-state index in [1.54, 1.807) is 152 Å². The van der Waals surface area contributed by atoms with Crippen molar-refractivity contribution in [2.75, 3.05) is 26.4 Å². The van der Waals surface area contributed by atoms with Crippen LogP contribution in [0.1, 0.15) is 38.9 Å². The summed E-state index contributed by atoms with van der Waals surface area (Å²) in [4.78, 5) is 44.2. The topological polar surface area (TPSA) is 262 Å². The van der Waals surface area contributed by atoms with Gasteiger partial charge in [0.15, 0.2) is 26.4 Å². The number of carbonyl (C=O) groups is 4. The second-order valence-electron chi connectivity index (χ2n) is 16.6. The first-order valence-corrected chi connectivity index (χ1v) is 23.3. The number of aliphatic hydroxyl groups is 1. The van der Waals surface area contributed by atoms with E-state index >= 15 is 0 Å². The van der Waals surface area contributed by atoms with Gasteiger partial charge >= 0.3 is 23.9 Å². The number of aliphatic carboxylic acids is 4. The van der Waals surface area contributed by atoms with Crippen molar-refractivity contribution in [2.45, 2.75) is 46.2 Å². The smallest absolute Gasteiger partial charge is 0.341 e. The molecule has 0 saturated heterocycles. The molecule has 5 N–H and O–H groups in total. The average Bonchev–Trinajstić information content (AvgIpc) is 3.42. The zero-order valence-electron chi connectivity index (χ0n) is 40.7. The molecule has 0 radical (unpaired) electrons. The van der Waals surface area contributed by atoms with Gasteiger partial charge in [-0.1, -0.05) is 48.5 Å². The summed E-state index contributed by atoms with van der Waals surface area (Å²) in [6, 6.07) is 42.9. The SMILES string of the molecule is O=C(O)COc1cccc(COc2cc(COc3cc(CO)cc(OCc4cc(OCc5cccc(OCC(=O)O)c5)cc(OCc5cccc(OCC(=O)O)c5)c4)c3)cc(OCc3cccc(OCC(=O)O)c3)c2)c1. The first kappa shape index (κ1) is 54.2. The van der Waals surface area contributed by atoms with Crippen LogP contribution in [0.4, 0.5) is 0 Å². The number of carboxylic acid groups (broad SMARTS) is 4. The number of hydrogen-bond donors (Lipinski definition) is 5. The van der Waals surface area contributed by atoms with Gasteiger partial charge in [-0.05, 0) is 124 Å². The predicted molar refractivity (Wildman–Crippen MR) is 270 cm³/mol. The van der Waals surface area contributed by atoms with Crippen molar-refractivity contribution < 1.29 is 92.1 Å². The first-order chi connectivity index (χ1) is 36.8. The summed E-state index contributed by atoms with van der Waals surface area (Å²) in [5.41, 5.74) is 4.63. The van der Waals surface area contributed by atoms with Gasteiger partial charge in [0.1, 0.15) is 97.1 Å². The quantitative estimate of drug-likeness (QED) is 0.0273. The molecule has 7 rings (SSSR count). The van der Waals surface area contributed by atoms with Crippen molar-refractivity contribution in [3.05, 3.63) is 191 Å². The van der Waals surface area contributed by atoms with E-state index < -0.39 is 50.3 Å². The Morgan fingerprint density at radius 2 is 0.474 bits per heavy atom. The predicted octanol–water partition coefficient (Wildman–Crippen LogP) is 8.51. The maximum Gasteiger partial charge on any atom is 0.341 e. The van der Waals surface area contributed by atoms with Crippen molar-refractivity contribution >= 4 is 23.9 Å². The molecule has 0 amide bonds. The number of aliphatic hydroxyl groups excluding tert-OH is 1. The summed E-state index contributed by atoms with van der Waals surface area (Å²) in [6.45, 7) is -1.92. The Kier molecular flexibility index (Phi) is 19.6. The van der Waals surface area contributed by atoms with E-state index in [1.807, 2.05) is 0 Å². The Morgan fingerprint density at radius 3 is 0.697 bits per heavy atom. The lowest BCUT2D eigenvalue weighted by Gasteiger charge is -2.16. The number of benzene rings is 7. The minimum absolute atomic E-state index is 0.0160. The highest BCUT2D eigenvalue weighted by Crippen LogP contribution is 2.31. The van der Waals surface area contributed by atoms with Crippen molar-refractivity contribution in [1.29, 1.82) is 0 Å². The molecule has 19 heteroatoms. The maximum atomic E-state index is 11.1. The highest BCUT2D eigenvalue weighted by Gasteiger charge is 2.13. The lowest BCUT2D eigenvalue weighted by molar-refractivity contribution is -0.140. The third-order valence-corrected chi connectivity index (χ3v) is 10.5. The molecule has 0 aliphatic heterocycles. The van der Waals surface area contributed by atoms with Gasteiger partial charge in [-0.3, -0.25) is 0 Å². The van der Waals surface area contributed by atoms with Crippen molar-refractivity contribution in [3.63, 3.8) is 0 Å². The Hall–Kier alpha value is -9.62. The van der Waals surface area contributed by atoms with Gasteiger partial charge in [0, 0.05) is 18.2 Å². The van der Waals surface area contributed by atoms with Gasteiger partial charge in [-0.25, -0.2) is 19.2 Å². The van der Waals surface area contributed by atoms with Crippen LogP contribution in [0.5, 0.6) is 57.5 Å². The number of hydrogen-bond acceptors (Lipinski definition) is 15. The summed E-state index contributed by atoms with van der Waals surface area (Å²) < 4.78 is 58.7. The Morgan fingerprint density at radius 1 is 0.263 bits per heavy atom. The van der Waals surface area contributed by atoms with Gasteiger partial charge in [0.25, 0.3) is 0 Å². The zero-order valence-corrected chi connectivity index (χ0v) is 40.7. The normalized spacial score (nSPS) is 10.6. The van der Waals surface area contributed by atoms with E-state index in [0.717, 1.165) is 0 Å². The van der Waals surface area contributed by atoms with Gasteiger partial charge in [-0.15, -0.1) is 0 Å². The Labute approximate surface area is 435 Å². The summed E-state index contributed by atoms with van der Waals surface area (Å²) in [5, 5.41) is 46.5. The van der Waals surface area contributed by atoms with Crippen LogP contribution in [0, 0.1) is 0 Å². The van der Waals surface area contributed by atoms with Crippen LogP contribution in [0.15, 0.2) is 152 Å². The van der Waals surface area contributed by atoms with Crippen LogP contribution in [0.3, 0.4) is 0 Å². The number of rotatable bonds is 31. The molecular formula is C57H52O19. The highest BCUT2D eigenvalue weighted by molar-refractivity contribution is 5.69. The van der Waals surface area contributed by atoms with E-state index in [2.05, 4.69) is 0 Å². The van der Waals surface area contributed by atoms with Crippen LogP contribution in [0.25, 0.3) is 0 Å². The van der Waals surface area contributed by atoms with E-state index in [-0.39, 0.29) is 46.2 Å². The molecule has 0 aliphatic carbocycles. The van der Waals surface area contributed by atoms with Crippen LogP contribution in [-0.2, 0) is 65.4 Å². The molecular weight excluding hydrogens is 989 g/mol. The number of carboxylic acids is 4. The lowest BCUT2D eigenvalue weighted by atomic mass is 10.2. The molecule has 0 fully saturated rings. The van der Waals surface area contributed by atoms with Crippen molar-refractivity contribution in [2.24, 2.45) is 0 Å². The molecule has 0 aliphatic rings. The fourth-order valence-corrected chi connectivity index (χ4v) is 7.13. The van der Waals surface area contributed by atoms with Crippen molar-refractivity contribution in [1.82, 2.24) is 0 Å². The van der Waals surface area contributed by atoms with Gasteiger partial charge < -0.3 is 72.9 Å². The second-order valence-corrected chi connectivity index (χ2v) is 16.6. The minimum atomic E-state index is -1.11. The van der Waals surface area contributed by atoms with Crippen LogP contribution < -0.4 is 47.4 Å². The highest BCUT2D eigenvalue weighted by atomic mass is 16.5. The molecule has 0 aromatic heterocycles. The fourth-order valence-electron chi connectivity index (χ4n) is 7.13. The molecule has 394 valence electrons. The maximum absolute atomic E-state index is 11.1. The van der Waals surface area contributed by atoms with E-state index in [4.69, 9.17) is 67.8 Å². The van der Waals surface area contributed by atoms with Crippen LogP contribution >= 0.6 is 0 Å². The summed E-state index contributed by atoms with van der Waals surface area (Å²) in [5.74, 6) is -0.544. The molecule has 7 aromatic rings. The molecule has 7 aromatic carbocycles. The standard InChI is InChI=1S/C57H52O19/c58-26-41-17-48(71-31-42-19-50(67-27-37-5-1-9-44(13-37)73-33-54(59)60)24-51(20-42)68-28-38-6-2-10-45(14-38)74-34-55(61)62)23-49(18-41)72-32-43-21-52(69-29-39-7-3-11-46(15-39)75-35-56(63)64)25-53(22-43)70-30-40-8-4-12-47(16-40)76-36-57(65)66/h1-25,58H,26-36H2,(H,59,60)(H,61,62)(H,63,64)(H,65,66). The first-order valence-electron chi connectivity index (χ1n) is 23.3. The van der Waals surface area contributed by atoms with Crippen LogP contribution in [0.2, 0.25) is 0 Å². The second kappa shape index (κ2) is 27.4. The molecule has 76 heavy (non-hydrogen) atoms. The zero-order chi connectivity index (χ0) is 53.7. The molecule has 0 unspecified atom stereocenters. The van der Waals surface area contributed by atoms with Gasteiger partial charge in [0.2, 0.25) is 0 Å². The van der Waals surface area contributed by atoms with Crippen LogP contribution in [-0.4, -0.2) is 75.8 Å². The molecule has 0 saturated carbocycles. The monoisotopic (exact) mass is 1040 g/mol. The fraction of sp³-hybridized carbons (Fsp3) is 0.193. The third-order valence-electron chi connectivity index (χ3n) is 10.5. The van der Waals surface area contributed by atoms with E-state index in [1.165, 1.54) is 0 Å². The molecule has 0 heterocycles. The van der Waals surface area contributed by atoms with E-state index in [0.29, 0.717) is 96.4 Å². The summed E-state index contributed by atoms with van der Waals surface area (Å²) in [6.07, 6.45) is 0.